The number of anilines is 1. The first kappa shape index (κ1) is 15.9. The highest BCUT2D eigenvalue weighted by Gasteiger charge is 2.16. The fourth-order valence-electron chi connectivity index (χ4n) is 2.25. The quantitative estimate of drug-likeness (QED) is 0.745. The number of aryl methyl sites for hydroxylation is 1. The number of carbonyl (C=O) groups is 2. The van der Waals surface area contributed by atoms with Crippen LogP contribution in [0, 0.1) is 6.92 Å². The molecule has 0 bridgehead atoms. The van der Waals surface area contributed by atoms with Crippen molar-refractivity contribution in [3.63, 3.8) is 0 Å². The lowest BCUT2D eigenvalue weighted by Crippen LogP contribution is -2.19. The minimum Gasteiger partial charge on any atom is -0.440 e. The second kappa shape index (κ2) is 6.67. The van der Waals surface area contributed by atoms with Gasteiger partial charge in [-0.2, -0.15) is 0 Å². The zero-order valence-corrected chi connectivity index (χ0v) is 13.7. The van der Waals surface area contributed by atoms with Crippen LogP contribution in [0.4, 0.5) is 5.69 Å². The Bertz CT molecular complexity index is 884. The summed E-state index contributed by atoms with van der Waals surface area (Å²) in [7, 11) is 0. The van der Waals surface area contributed by atoms with Crippen LogP contribution in [0.3, 0.4) is 0 Å². The lowest BCUT2D eigenvalue weighted by molar-refractivity contribution is -0.115. The number of rotatable bonds is 5. The smallest absolute Gasteiger partial charge is 0.250 e. The van der Waals surface area contributed by atoms with E-state index < -0.39 is 5.91 Å². The van der Waals surface area contributed by atoms with Crippen molar-refractivity contribution in [2.24, 2.45) is 5.73 Å². The van der Waals surface area contributed by atoms with E-state index in [1.807, 2.05) is 17.5 Å². The normalized spacial score (nSPS) is 10.5. The number of nitrogens with two attached hydrogens (primary N) is 1. The van der Waals surface area contributed by atoms with E-state index >= 15 is 0 Å². The van der Waals surface area contributed by atoms with Crippen molar-refractivity contribution < 1.29 is 14.0 Å². The summed E-state index contributed by atoms with van der Waals surface area (Å²) in [6.07, 6.45) is 0.0494. The van der Waals surface area contributed by atoms with Crippen molar-refractivity contribution in [2.45, 2.75) is 13.3 Å². The van der Waals surface area contributed by atoms with Crippen molar-refractivity contribution in [1.29, 1.82) is 0 Å². The average Bonchev–Trinajstić information content (AvgIpc) is 3.18. The molecule has 3 aromatic rings. The number of nitrogens with one attached hydrogen (secondary N) is 1. The second-order valence-electron chi connectivity index (χ2n) is 5.13. The number of nitrogens with zero attached hydrogens (tertiary/aromatic N) is 1. The zero-order chi connectivity index (χ0) is 17.1. The van der Waals surface area contributed by atoms with Gasteiger partial charge in [0.1, 0.15) is 5.76 Å². The number of thiophene rings is 1. The molecule has 2 amide bonds. The molecule has 0 saturated carbocycles. The van der Waals surface area contributed by atoms with Gasteiger partial charge in [-0.05, 0) is 30.5 Å². The van der Waals surface area contributed by atoms with Crippen molar-refractivity contribution in [3.8, 4) is 10.8 Å². The van der Waals surface area contributed by atoms with Crippen LogP contribution in [-0.4, -0.2) is 16.8 Å². The fraction of sp³-hybridized carbons (Fsp3) is 0.118. The number of hydrogen-bond acceptors (Lipinski definition) is 5. The predicted octanol–water partition coefficient (Wildman–Crippen LogP) is 2.99. The SMILES string of the molecule is Cc1oc(-c2cccs2)nc1CC(=O)Nc1ccccc1C(N)=O. The third-order valence-electron chi connectivity index (χ3n) is 3.42. The van der Waals surface area contributed by atoms with Gasteiger partial charge in [-0.25, -0.2) is 4.98 Å². The molecule has 2 heterocycles. The standard InChI is InChI=1S/C17H15N3O3S/c1-10-13(20-17(23-10)14-7-4-8-24-14)9-15(21)19-12-6-3-2-5-11(12)16(18)22/h2-8H,9H2,1H3,(H2,18,22)(H,19,21). The summed E-state index contributed by atoms with van der Waals surface area (Å²) in [6.45, 7) is 1.77. The topological polar surface area (TPSA) is 98.2 Å². The molecule has 24 heavy (non-hydrogen) atoms. The Kier molecular flexibility index (Phi) is 4.43. The lowest BCUT2D eigenvalue weighted by atomic mass is 10.1. The fourth-order valence-corrected chi connectivity index (χ4v) is 2.90. The van der Waals surface area contributed by atoms with Gasteiger partial charge in [0.15, 0.2) is 0 Å². The van der Waals surface area contributed by atoms with Gasteiger partial charge in [0.05, 0.1) is 28.2 Å². The maximum atomic E-state index is 12.3. The van der Waals surface area contributed by atoms with E-state index in [0.717, 1.165) is 4.88 Å². The molecule has 6 nitrogen and oxygen atoms in total. The van der Waals surface area contributed by atoms with Crippen LogP contribution in [0.5, 0.6) is 0 Å². The Balaban J connectivity index is 1.75. The van der Waals surface area contributed by atoms with E-state index in [4.69, 9.17) is 10.2 Å². The van der Waals surface area contributed by atoms with Crippen molar-refractivity contribution in [3.05, 3.63) is 58.8 Å². The van der Waals surface area contributed by atoms with Crippen molar-refractivity contribution in [1.82, 2.24) is 4.98 Å². The molecule has 0 saturated heterocycles. The summed E-state index contributed by atoms with van der Waals surface area (Å²) in [6, 6.07) is 10.4. The first-order valence-electron chi connectivity index (χ1n) is 7.23. The third-order valence-corrected chi connectivity index (χ3v) is 4.28. The molecular weight excluding hydrogens is 326 g/mol. The van der Waals surface area contributed by atoms with Crippen LogP contribution in [0.25, 0.3) is 10.8 Å². The summed E-state index contributed by atoms with van der Waals surface area (Å²) in [4.78, 5) is 28.9. The molecule has 0 aliphatic heterocycles. The molecule has 0 radical (unpaired) electrons. The van der Waals surface area contributed by atoms with E-state index in [9.17, 15) is 9.59 Å². The van der Waals surface area contributed by atoms with Crippen LogP contribution >= 0.6 is 11.3 Å². The van der Waals surface area contributed by atoms with Crippen LogP contribution in [0.1, 0.15) is 21.8 Å². The van der Waals surface area contributed by atoms with Gasteiger partial charge in [-0.1, -0.05) is 18.2 Å². The van der Waals surface area contributed by atoms with Crippen molar-refractivity contribution >= 4 is 28.8 Å². The first-order valence-corrected chi connectivity index (χ1v) is 8.11. The molecule has 0 unspecified atom stereocenters. The minimum absolute atomic E-state index is 0.0494. The summed E-state index contributed by atoms with van der Waals surface area (Å²) in [5.74, 6) is 0.209. The molecule has 0 aliphatic rings. The van der Waals surface area contributed by atoms with E-state index in [0.29, 0.717) is 23.0 Å². The maximum Gasteiger partial charge on any atom is 0.250 e. The van der Waals surface area contributed by atoms with Crippen molar-refractivity contribution in [2.75, 3.05) is 5.32 Å². The molecule has 0 aliphatic carbocycles. The number of oxazole rings is 1. The van der Waals surface area contributed by atoms with E-state index in [2.05, 4.69) is 10.3 Å². The Labute approximate surface area is 142 Å². The van der Waals surface area contributed by atoms with Crippen LogP contribution < -0.4 is 11.1 Å². The second-order valence-corrected chi connectivity index (χ2v) is 6.08. The summed E-state index contributed by atoms with van der Waals surface area (Å²) < 4.78 is 5.62. The monoisotopic (exact) mass is 341 g/mol. The molecule has 0 spiro atoms. The van der Waals surface area contributed by atoms with Crippen LogP contribution in [0.15, 0.2) is 46.2 Å². The van der Waals surface area contributed by atoms with Gasteiger partial charge >= 0.3 is 0 Å². The van der Waals surface area contributed by atoms with Gasteiger partial charge in [0.2, 0.25) is 11.8 Å². The van der Waals surface area contributed by atoms with Gasteiger partial charge in [-0.15, -0.1) is 11.3 Å². The molecule has 2 aromatic heterocycles. The van der Waals surface area contributed by atoms with E-state index in [1.165, 1.54) is 11.3 Å². The molecule has 122 valence electrons. The molecule has 0 atom stereocenters. The highest BCUT2D eigenvalue weighted by atomic mass is 32.1. The minimum atomic E-state index is -0.594. The predicted molar refractivity (Wildman–Crippen MR) is 91.8 cm³/mol. The Hall–Kier alpha value is -2.93. The summed E-state index contributed by atoms with van der Waals surface area (Å²) in [5, 5.41) is 4.63. The van der Waals surface area contributed by atoms with Gasteiger partial charge in [0, 0.05) is 0 Å². The molecule has 1 aromatic carbocycles. The number of carbonyl (C=O) groups excluding carboxylic acids is 2. The highest BCUT2D eigenvalue weighted by Crippen LogP contribution is 2.26. The van der Waals surface area contributed by atoms with Gasteiger partial charge in [-0.3, -0.25) is 9.59 Å². The zero-order valence-electron chi connectivity index (χ0n) is 12.9. The Morgan fingerprint density at radius 3 is 2.75 bits per heavy atom. The molecule has 7 heteroatoms. The highest BCUT2D eigenvalue weighted by molar-refractivity contribution is 7.13. The maximum absolute atomic E-state index is 12.3. The summed E-state index contributed by atoms with van der Waals surface area (Å²) in [5.41, 5.74) is 6.52. The number of primary amides is 1. The number of amides is 2. The largest absolute Gasteiger partial charge is 0.440 e. The molecule has 3 N–H and O–H groups in total. The Morgan fingerprint density at radius 1 is 1.25 bits per heavy atom. The Morgan fingerprint density at radius 2 is 2.04 bits per heavy atom. The van der Waals surface area contributed by atoms with Gasteiger partial charge in [0.25, 0.3) is 5.91 Å². The molecular formula is C17H15N3O3S. The van der Waals surface area contributed by atoms with Crippen LogP contribution in [0.2, 0.25) is 0 Å². The number of benzene rings is 1. The molecule has 0 fully saturated rings. The average molecular weight is 341 g/mol. The number of aromatic nitrogens is 1. The van der Waals surface area contributed by atoms with Gasteiger partial charge < -0.3 is 15.5 Å². The number of para-hydroxylation sites is 1. The van der Waals surface area contributed by atoms with Crippen LogP contribution in [-0.2, 0) is 11.2 Å². The lowest BCUT2D eigenvalue weighted by Gasteiger charge is -2.08. The van der Waals surface area contributed by atoms with E-state index in [-0.39, 0.29) is 17.9 Å². The first-order chi connectivity index (χ1) is 11.5. The summed E-state index contributed by atoms with van der Waals surface area (Å²) >= 11 is 1.52. The van der Waals surface area contributed by atoms with E-state index in [1.54, 1.807) is 31.2 Å². The number of hydrogen-bond donors (Lipinski definition) is 2. The molecule has 3 rings (SSSR count). The third kappa shape index (κ3) is 3.36.